The van der Waals surface area contributed by atoms with Crippen LogP contribution in [0.15, 0.2) is 12.3 Å². The molecule has 0 radical (unpaired) electrons. The maximum atomic E-state index is 11.8. The third-order valence-electron chi connectivity index (χ3n) is 1.41. The fourth-order valence-electron chi connectivity index (χ4n) is 0.846. The molecular weight excluding hydrogens is 216 g/mol. The minimum atomic E-state index is -2.57. The fraction of sp³-hybridized carbons (Fsp3) is 0.375. The largest absolute Gasteiger partial charge is 0.486 e. The number of aliphatic hydroxyl groups excluding tert-OH is 1. The van der Waals surface area contributed by atoms with Crippen LogP contribution in [0.1, 0.15) is 5.69 Å². The molecule has 1 heterocycles. The predicted molar refractivity (Wildman–Crippen MR) is 46.7 cm³/mol. The van der Waals surface area contributed by atoms with Gasteiger partial charge in [0.25, 0.3) is 6.43 Å². The molecule has 0 aliphatic rings. The molecule has 1 aromatic heterocycles. The second kappa shape index (κ2) is 5.07. The van der Waals surface area contributed by atoms with Gasteiger partial charge in [-0.05, 0) is 0 Å². The summed E-state index contributed by atoms with van der Waals surface area (Å²) in [6.45, 7) is -1.12. The monoisotopic (exact) mass is 223 g/mol. The summed E-state index contributed by atoms with van der Waals surface area (Å²) in [5.41, 5.74) is 0.190. The molecule has 0 spiro atoms. The summed E-state index contributed by atoms with van der Waals surface area (Å²) in [6.07, 6.45) is -1.26. The van der Waals surface area contributed by atoms with Crippen molar-refractivity contribution >= 4 is 11.6 Å². The van der Waals surface area contributed by atoms with Gasteiger partial charge < -0.3 is 9.84 Å². The van der Waals surface area contributed by atoms with Crippen LogP contribution in [-0.4, -0.2) is 23.1 Å². The lowest BCUT2D eigenvalue weighted by Gasteiger charge is -2.08. The van der Waals surface area contributed by atoms with Crippen LogP contribution in [-0.2, 0) is 6.61 Å². The van der Waals surface area contributed by atoms with E-state index in [2.05, 4.69) is 4.98 Å². The molecule has 78 valence electrons. The first kappa shape index (κ1) is 11.1. The summed E-state index contributed by atoms with van der Waals surface area (Å²) < 4.78 is 28.3. The molecule has 0 saturated carbocycles. The summed E-state index contributed by atoms with van der Waals surface area (Å²) in [5, 5.41) is 9.07. The molecule has 1 N–H and O–H groups in total. The van der Waals surface area contributed by atoms with Gasteiger partial charge in [0.05, 0.1) is 11.6 Å². The summed E-state index contributed by atoms with van der Waals surface area (Å²) in [7, 11) is 0. The molecule has 0 aliphatic heterocycles. The average Bonchev–Trinajstić information content (AvgIpc) is 2.15. The summed E-state index contributed by atoms with van der Waals surface area (Å²) in [5.74, 6) is 0.0836. The molecule has 0 fully saturated rings. The molecule has 0 bridgehead atoms. The Labute approximate surface area is 84.3 Å². The van der Waals surface area contributed by atoms with Crippen LogP contribution in [0.5, 0.6) is 5.75 Å². The van der Waals surface area contributed by atoms with Crippen molar-refractivity contribution in [2.24, 2.45) is 0 Å². The number of ether oxygens (including phenoxy) is 1. The molecule has 0 saturated heterocycles. The van der Waals surface area contributed by atoms with Gasteiger partial charge in [-0.15, -0.1) is 0 Å². The zero-order valence-corrected chi connectivity index (χ0v) is 7.84. The Kier molecular flexibility index (Phi) is 4.03. The van der Waals surface area contributed by atoms with Crippen molar-refractivity contribution < 1.29 is 18.6 Å². The molecule has 0 atom stereocenters. The second-order valence-electron chi connectivity index (χ2n) is 2.46. The van der Waals surface area contributed by atoms with E-state index >= 15 is 0 Å². The van der Waals surface area contributed by atoms with Crippen molar-refractivity contribution in [2.45, 2.75) is 13.0 Å². The van der Waals surface area contributed by atoms with Gasteiger partial charge in [0.15, 0.2) is 0 Å². The highest BCUT2D eigenvalue weighted by atomic mass is 35.5. The summed E-state index contributed by atoms with van der Waals surface area (Å²) in [4.78, 5) is 3.72. The zero-order valence-electron chi connectivity index (χ0n) is 7.08. The molecule has 1 rings (SSSR count). The molecule has 6 heteroatoms. The highest BCUT2D eigenvalue weighted by Gasteiger charge is 2.08. The molecular formula is C8H8ClF2NO2. The number of alkyl halides is 2. The lowest BCUT2D eigenvalue weighted by molar-refractivity contribution is 0.0802. The maximum absolute atomic E-state index is 11.8. The van der Waals surface area contributed by atoms with Gasteiger partial charge in [0, 0.05) is 12.3 Å². The van der Waals surface area contributed by atoms with Crippen molar-refractivity contribution in [1.82, 2.24) is 4.98 Å². The van der Waals surface area contributed by atoms with Crippen molar-refractivity contribution in [3.8, 4) is 5.75 Å². The highest BCUT2D eigenvalue weighted by molar-refractivity contribution is 6.30. The topological polar surface area (TPSA) is 42.4 Å². The summed E-state index contributed by atoms with van der Waals surface area (Å²) in [6, 6.07) is 1.34. The minimum Gasteiger partial charge on any atom is -0.486 e. The van der Waals surface area contributed by atoms with Crippen molar-refractivity contribution in [3.05, 3.63) is 23.0 Å². The van der Waals surface area contributed by atoms with Crippen LogP contribution in [0.2, 0.25) is 5.02 Å². The number of nitrogens with zero attached hydrogens (tertiary/aromatic N) is 1. The standard InChI is InChI=1S/C8H8ClF2NO2/c9-5-1-7(14-4-8(10)11)6(3-13)12-2-5/h1-2,8,13H,3-4H2. The van der Waals surface area contributed by atoms with Crippen LogP contribution in [0.3, 0.4) is 0 Å². The van der Waals surface area contributed by atoms with E-state index in [-0.39, 0.29) is 23.1 Å². The van der Waals surface area contributed by atoms with Gasteiger partial charge in [-0.3, -0.25) is 4.98 Å². The Bertz CT molecular complexity index is 309. The van der Waals surface area contributed by atoms with Gasteiger partial charge in [0.1, 0.15) is 18.1 Å². The average molecular weight is 224 g/mol. The van der Waals surface area contributed by atoms with Gasteiger partial charge >= 0.3 is 0 Å². The highest BCUT2D eigenvalue weighted by Crippen LogP contribution is 2.21. The Morgan fingerprint density at radius 3 is 2.86 bits per heavy atom. The number of aromatic nitrogens is 1. The Hall–Kier alpha value is -0.940. The Balaban J connectivity index is 2.77. The predicted octanol–water partition coefficient (Wildman–Crippen LogP) is 1.87. The van der Waals surface area contributed by atoms with Crippen molar-refractivity contribution in [1.29, 1.82) is 0 Å². The van der Waals surface area contributed by atoms with E-state index in [0.717, 1.165) is 0 Å². The van der Waals surface area contributed by atoms with E-state index in [4.69, 9.17) is 21.4 Å². The van der Waals surface area contributed by atoms with E-state index in [9.17, 15) is 8.78 Å². The summed E-state index contributed by atoms with van der Waals surface area (Å²) >= 11 is 5.58. The van der Waals surface area contributed by atoms with Gasteiger partial charge in [0.2, 0.25) is 0 Å². The van der Waals surface area contributed by atoms with E-state index in [1.807, 2.05) is 0 Å². The number of pyridine rings is 1. The first-order valence-electron chi connectivity index (χ1n) is 3.79. The first-order valence-corrected chi connectivity index (χ1v) is 4.17. The van der Waals surface area contributed by atoms with Crippen molar-refractivity contribution in [2.75, 3.05) is 6.61 Å². The van der Waals surface area contributed by atoms with Crippen LogP contribution in [0.25, 0.3) is 0 Å². The van der Waals surface area contributed by atoms with Crippen LogP contribution >= 0.6 is 11.6 Å². The molecule has 0 aromatic carbocycles. The fourth-order valence-corrected chi connectivity index (χ4v) is 0.993. The number of rotatable bonds is 4. The molecule has 0 unspecified atom stereocenters. The maximum Gasteiger partial charge on any atom is 0.272 e. The first-order chi connectivity index (χ1) is 6.63. The van der Waals surface area contributed by atoms with E-state index in [1.165, 1.54) is 12.3 Å². The molecule has 14 heavy (non-hydrogen) atoms. The molecule has 3 nitrogen and oxygen atoms in total. The van der Waals surface area contributed by atoms with Crippen LogP contribution < -0.4 is 4.74 Å². The van der Waals surface area contributed by atoms with Gasteiger partial charge in [-0.25, -0.2) is 8.78 Å². The normalized spacial score (nSPS) is 10.6. The Morgan fingerprint density at radius 1 is 1.57 bits per heavy atom. The number of hydrogen-bond donors (Lipinski definition) is 1. The lowest BCUT2D eigenvalue weighted by atomic mass is 10.3. The number of hydrogen-bond acceptors (Lipinski definition) is 3. The van der Waals surface area contributed by atoms with E-state index in [0.29, 0.717) is 0 Å². The zero-order chi connectivity index (χ0) is 10.6. The lowest BCUT2D eigenvalue weighted by Crippen LogP contribution is -2.09. The quantitative estimate of drug-likeness (QED) is 0.847. The SMILES string of the molecule is OCc1ncc(Cl)cc1OCC(F)F. The van der Waals surface area contributed by atoms with Crippen LogP contribution in [0, 0.1) is 0 Å². The van der Waals surface area contributed by atoms with E-state index < -0.39 is 13.0 Å². The number of halogens is 3. The smallest absolute Gasteiger partial charge is 0.272 e. The third kappa shape index (κ3) is 3.08. The van der Waals surface area contributed by atoms with Gasteiger partial charge in [-0.1, -0.05) is 11.6 Å². The van der Waals surface area contributed by atoms with Crippen molar-refractivity contribution in [3.63, 3.8) is 0 Å². The number of aliphatic hydroxyl groups is 1. The molecule has 0 aliphatic carbocycles. The second-order valence-corrected chi connectivity index (χ2v) is 2.90. The van der Waals surface area contributed by atoms with E-state index in [1.54, 1.807) is 0 Å². The van der Waals surface area contributed by atoms with Crippen LogP contribution in [0.4, 0.5) is 8.78 Å². The molecule has 0 amide bonds. The Morgan fingerprint density at radius 2 is 2.29 bits per heavy atom. The minimum absolute atomic E-state index is 0.0836. The van der Waals surface area contributed by atoms with Gasteiger partial charge in [-0.2, -0.15) is 0 Å². The molecule has 1 aromatic rings. The third-order valence-corrected chi connectivity index (χ3v) is 1.62.